The van der Waals surface area contributed by atoms with E-state index in [1.165, 1.54) is 23.1 Å². The topological polar surface area (TPSA) is 57.9 Å². The molecule has 0 saturated carbocycles. The number of halogens is 1. The Morgan fingerprint density at radius 2 is 2.11 bits per heavy atom. The van der Waals surface area contributed by atoms with Gasteiger partial charge >= 0.3 is 0 Å². The lowest BCUT2D eigenvalue weighted by Crippen LogP contribution is -2.59. The molecule has 3 heterocycles. The highest BCUT2D eigenvalue weighted by atomic mass is 19.1. The summed E-state index contributed by atoms with van der Waals surface area (Å²) in [6.07, 6.45) is 5.07. The monoisotopic (exact) mass is 378 g/mol. The highest BCUT2D eigenvalue weighted by molar-refractivity contribution is 6.01. The summed E-state index contributed by atoms with van der Waals surface area (Å²) in [6.45, 7) is 4.22. The maximum absolute atomic E-state index is 13.6. The molecular formula is C21H19FN4O2. The van der Waals surface area contributed by atoms with Crippen molar-refractivity contribution in [3.8, 4) is 0 Å². The third kappa shape index (κ3) is 3.26. The Morgan fingerprint density at radius 3 is 2.86 bits per heavy atom. The minimum atomic E-state index is -0.745. The number of aromatic nitrogens is 2. The fourth-order valence-electron chi connectivity index (χ4n) is 3.53. The molecule has 142 valence electrons. The summed E-state index contributed by atoms with van der Waals surface area (Å²) in [5, 5.41) is 0. The zero-order chi connectivity index (χ0) is 19.7. The second kappa shape index (κ2) is 7.26. The first-order valence-corrected chi connectivity index (χ1v) is 8.99. The number of hydrogen-bond donors (Lipinski definition) is 0. The minimum Gasteiger partial charge on any atom is -0.325 e. The van der Waals surface area contributed by atoms with Crippen LogP contribution in [-0.2, 0) is 16.0 Å². The van der Waals surface area contributed by atoms with E-state index in [0.717, 1.165) is 5.65 Å². The molecular weight excluding hydrogens is 359 g/mol. The van der Waals surface area contributed by atoms with Crippen molar-refractivity contribution >= 4 is 23.3 Å². The normalized spacial score (nSPS) is 17.2. The number of nitrogens with zero attached hydrogens (tertiary/aromatic N) is 4. The average molecular weight is 378 g/mol. The lowest BCUT2D eigenvalue weighted by Gasteiger charge is -2.39. The van der Waals surface area contributed by atoms with Crippen molar-refractivity contribution in [2.24, 2.45) is 0 Å². The molecule has 0 N–H and O–H groups in total. The summed E-state index contributed by atoms with van der Waals surface area (Å²) in [5.74, 6) is -0.399. The Hall–Kier alpha value is -3.48. The zero-order valence-corrected chi connectivity index (χ0v) is 15.2. The first kappa shape index (κ1) is 17.9. The first-order chi connectivity index (χ1) is 13.6. The number of rotatable bonds is 4. The van der Waals surface area contributed by atoms with Gasteiger partial charge in [0.1, 0.15) is 17.5 Å². The molecule has 4 rings (SSSR count). The van der Waals surface area contributed by atoms with Gasteiger partial charge in [-0.3, -0.25) is 14.5 Å². The van der Waals surface area contributed by atoms with E-state index in [-0.39, 0.29) is 24.1 Å². The van der Waals surface area contributed by atoms with E-state index in [4.69, 9.17) is 0 Å². The van der Waals surface area contributed by atoms with Gasteiger partial charge < -0.3 is 9.30 Å². The number of fused-ring (bicyclic) bond motifs is 1. The van der Waals surface area contributed by atoms with Crippen LogP contribution in [0.1, 0.15) is 5.56 Å². The Balaban J connectivity index is 1.67. The number of pyridine rings is 1. The highest BCUT2D eigenvalue weighted by Crippen LogP contribution is 2.23. The fourth-order valence-corrected chi connectivity index (χ4v) is 3.53. The molecule has 1 atom stereocenters. The molecule has 0 radical (unpaired) electrons. The van der Waals surface area contributed by atoms with Gasteiger partial charge in [0.2, 0.25) is 5.91 Å². The third-order valence-corrected chi connectivity index (χ3v) is 4.90. The van der Waals surface area contributed by atoms with E-state index >= 15 is 0 Å². The van der Waals surface area contributed by atoms with E-state index in [0.29, 0.717) is 24.5 Å². The van der Waals surface area contributed by atoms with Crippen molar-refractivity contribution in [1.82, 2.24) is 14.3 Å². The Morgan fingerprint density at radius 1 is 1.25 bits per heavy atom. The summed E-state index contributed by atoms with van der Waals surface area (Å²) in [6, 6.07) is 10.9. The molecule has 0 bridgehead atoms. The molecule has 2 aromatic heterocycles. The highest BCUT2D eigenvalue weighted by Gasteiger charge is 2.38. The number of imidazole rings is 1. The van der Waals surface area contributed by atoms with Crippen molar-refractivity contribution in [3.05, 3.63) is 78.9 Å². The number of carbonyl (C=O) groups is 2. The van der Waals surface area contributed by atoms with Crippen molar-refractivity contribution in [2.75, 3.05) is 18.0 Å². The van der Waals surface area contributed by atoms with Gasteiger partial charge in [-0.05, 0) is 35.9 Å². The molecule has 1 aromatic carbocycles. The van der Waals surface area contributed by atoms with Crippen LogP contribution in [0.3, 0.4) is 0 Å². The summed E-state index contributed by atoms with van der Waals surface area (Å²) in [5.41, 5.74) is 1.38. The number of piperazine rings is 1. The summed E-state index contributed by atoms with van der Waals surface area (Å²) in [4.78, 5) is 33.2. The van der Waals surface area contributed by atoms with Gasteiger partial charge in [0, 0.05) is 25.7 Å². The summed E-state index contributed by atoms with van der Waals surface area (Å²) in [7, 11) is 0. The maximum Gasteiger partial charge on any atom is 0.251 e. The molecule has 1 saturated heterocycles. The number of benzene rings is 1. The summed E-state index contributed by atoms with van der Waals surface area (Å²) >= 11 is 0. The van der Waals surface area contributed by atoms with Crippen LogP contribution in [0.4, 0.5) is 10.2 Å². The average Bonchev–Trinajstić information content (AvgIpc) is 3.12. The quantitative estimate of drug-likeness (QED) is 0.656. The molecule has 28 heavy (non-hydrogen) atoms. The number of anilines is 1. The molecule has 0 spiro atoms. The molecule has 6 nitrogen and oxygen atoms in total. The van der Waals surface area contributed by atoms with Crippen LogP contribution in [0.2, 0.25) is 0 Å². The Kier molecular flexibility index (Phi) is 4.65. The SMILES string of the molecule is C=CC(=O)N1CCN(c2cn3ccccc3n2)C(=O)[C@H]1Cc1cccc(F)c1. The third-order valence-electron chi connectivity index (χ3n) is 4.90. The standard InChI is InChI=1S/C21H19FN4O2/c1-2-20(27)25-10-11-26(19-14-24-9-4-3-8-18(24)23-19)21(28)17(25)13-15-6-5-7-16(22)12-15/h2-9,12,14,17H,1,10-11,13H2/t17-/m1/s1. The molecule has 3 aromatic rings. The number of carbonyl (C=O) groups excluding carboxylic acids is 2. The smallest absolute Gasteiger partial charge is 0.251 e. The van der Waals surface area contributed by atoms with Crippen LogP contribution >= 0.6 is 0 Å². The van der Waals surface area contributed by atoms with E-state index in [9.17, 15) is 14.0 Å². The lowest BCUT2D eigenvalue weighted by molar-refractivity contribution is -0.138. The van der Waals surface area contributed by atoms with Gasteiger partial charge in [0.15, 0.2) is 5.82 Å². The molecule has 2 amide bonds. The second-order valence-corrected chi connectivity index (χ2v) is 6.64. The largest absolute Gasteiger partial charge is 0.325 e. The van der Waals surface area contributed by atoms with Crippen molar-refractivity contribution in [3.63, 3.8) is 0 Å². The van der Waals surface area contributed by atoms with Crippen LogP contribution in [-0.4, -0.2) is 45.2 Å². The second-order valence-electron chi connectivity index (χ2n) is 6.64. The fraction of sp³-hybridized carbons (Fsp3) is 0.190. The molecule has 0 aliphatic carbocycles. The van der Waals surface area contributed by atoms with E-state index < -0.39 is 6.04 Å². The van der Waals surface area contributed by atoms with Crippen molar-refractivity contribution in [2.45, 2.75) is 12.5 Å². The van der Waals surface area contributed by atoms with Crippen LogP contribution in [0, 0.1) is 5.82 Å². The Bertz CT molecular complexity index is 1030. The Labute approximate surface area is 161 Å². The maximum atomic E-state index is 13.6. The van der Waals surface area contributed by atoms with Gasteiger partial charge in [-0.1, -0.05) is 24.8 Å². The summed E-state index contributed by atoms with van der Waals surface area (Å²) < 4.78 is 15.4. The molecule has 1 aliphatic heterocycles. The van der Waals surface area contributed by atoms with Crippen LogP contribution in [0.15, 0.2) is 67.5 Å². The molecule has 1 aliphatic rings. The molecule has 0 unspecified atom stereocenters. The van der Waals surface area contributed by atoms with Gasteiger partial charge in [0.25, 0.3) is 5.91 Å². The van der Waals surface area contributed by atoms with Crippen LogP contribution in [0.5, 0.6) is 0 Å². The lowest BCUT2D eigenvalue weighted by atomic mass is 10.0. The van der Waals surface area contributed by atoms with Crippen LogP contribution in [0.25, 0.3) is 5.65 Å². The van der Waals surface area contributed by atoms with E-state index in [2.05, 4.69) is 11.6 Å². The van der Waals surface area contributed by atoms with Gasteiger partial charge in [-0.25, -0.2) is 9.37 Å². The zero-order valence-electron chi connectivity index (χ0n) is 15.2. The molecule has 7 heteroatoms. The van der Waals surface area contributed by atoms with Crippen LogP contribution < -0.4 is 4.90 Å². The number of hydrogen-bond acceptors (Lipinski definition) is 3. The predicted molar refractivity (Wildman–Crippen MR) is 103 cm³/mol. The van der Waals surface area contributed by atoms with E-state index in [1.807, 2.05) is 28.8 Å². The van der Waals surface area contributed by atoms with E-state index in [1.54, 1.807) is 23.2 Å². The minimum absolute atomic E-state index is 0.222. The van der Waals surface area contributed by atoms with Crippen molar-refractivity contribution < 1.29 is 14.0 Å². The number of amides is 2. The predicted octanol–water partition coefficient (Wildman–Crippen LogP) is 2.45. The van der Waals surface area contributed by atoms with Gasteiger partial charge in [-0.15, -0.1) is 0 Å². The molecule has 1 fully saturated rings. The first-order valence-electron chi connectivity index (χ1n) is 8.99. The van der Waals surface area contributed by atoms with Gasteiger partial charge in [0.05, 0.1) is 6.20 Å². The van der Waals surface area contributed by atoms with Gasteiger partial charge in [-0.2, -0.15) is 0 Å². The van der Waals surface area contributed by atoms with Crippen molar-refractivity contribution in [1.29, 1.82) is 0 Å².